The Balaban J connectivity index is 1.13. The first-order valence-corrected chi connectivity index (χ1v) is 14.0. The van der Waals surface area contributed by atoms with Gasteiger partial charge in [0, 0.05) is 55.8 Å². The van der Waals surface area contributed by atoms with Gasteiger partial charge in [0.25, 0.3) is 0 Å². The Morgan fingerprint density at radius 1 is 0.853 bits per heavy atom. The minimum Gasteiger partial charge on any atom is -0.301 e. The van der Waals surface area contributed by atoms with Gasteiger partial charge >= 0.3 is 0 Å². The van der Waals surface area contributed by atoms with Crippen molar-refractivity contribution >= 4 is 29.6 Å². The largest absolute Gasteiger partial charge is 0.301 e. The summed E-state index contributed by atoms with van der Waals surface area (Å²) >= 11 is 3.72. The van der Waals surface area contributed by atoms with Gasteiger partial charge in [0.2, 0.25) is 0 Å². The molecule has 1 fully saturated rings. The third-order valence-electron chi connectivity index (χ3n) is 6.07. The fourth-order valence-electron chi connectivity index (χ4n) is 4.00. The van der Waals surface area contributed by atoms with E-state index in [1.165, 1.54) is 42.1 Å². The van der Waals surface area contributed by atoms with E-state index in [2.05, 4.69) is 81.3 Å². The minimum absolute atomic E-state index is 0.863. The van der Waals surface area contributed by atoms with Gasteiger partial charge in [-0.2, -0.15) is 0 Å². The van der Waals surface area contributed by atoms with Crippen LogP contribution in [0.5, 0.6) is 0 Å². The first-order valence-electron chi connectivity index (χ1n) is 12.1. The molecule has 0 aliphatic carbocycles. The van der Waals surface area contributed by atoms with E-state index in [4.69, 9.17) is 0 Å². The van der Waals surface area contributed by atoms with Crippen molar-refractivity contribution in [2.75, 3.05) is 45.0 Å². The molecule has 1 aliphatic heterocycles. The predicted octanol–water partition coefficient (Wildman–Crippen LogP) is 5.89. The number of pyridine rings is 2. The molecule has 1 aliphatic rings. The Hall–Kier alpha value is -2.12. The maximum Gasteiger partial charge on any atom is 0.0963 e. The van der Waals surface area contributed by atoms with Crippen molar-refractivity contribution in [1.29, 1.82) is 0 Å². The Labute approximate surface area is 212 Å². The fraction of sp³-hybridized carbons (Fsp3) is 0.357. The van der Waals surface area contributed by atoms with Crippen LogP contribution in [-0.2, 0) is 5.75 Å². The lowest BCUT2D eigenvalue weighted by molar-refractivity contribution is 0.143. The molecule has 3 aromatic rings. The second-order valence-electron chi connectivity index (χ2n) is 8.49. The van der Waals surface area contributed by atoms with E-state index in [1.54, 1.807) is 11.8 Å². The number of hydrogen-bond acceptors (Lipinski definition) is 6. The van der Waals surface area contributed by atoms with E-state index in [1.807, 2.05) is 36.3 Å². The predicted molar refractivity (Wildman–Crippen MR) is 146 cm³/mol. The van der Waals surface area contributed by atoms with Crippen LogP contribution in [0.4, 0.5) is 0 Å². The first-order chi connectivity index (χ1) is 16.8. The van der Waals surface area contributed by atoms with E-state index >= 15 is 0 Å². The fourth-order valence-corrected chi connectivity index (χ4v) is 5.87. The molecule has 0 spiro atoms. The van der Waals surface area contributed by atoms with Crippen molar-refractivity contribution < 1.29 is 0 Å². The maximum atomic E-state index is 4.62. The summed E-state index contributed by atoms with van der Waals surface area (Å²) in [7, 11) is 0. The van der Waals surface area contributed by atoms with Gasteiger partial charge in [0.15, 0.2) is 0 Å². The SMILES string of the molecule is Cc1c(SCCCN2CCN(CC=Cc3ccccc3)CC2)ccnc1CSc1ccccn1. The number of benzene rings is 1. The summed E-state index contributed by atoms with van der Waals surface area (Å²) in [4.78, 5) is 15.6. The van der Waals surface area contributed by atoms with Crippen molar-refractivity contribution in [3.05, 3.63) is 89.9 Å². The molecule has 1 aromatic carbocycles. The molecule has 178 valence electrons. The highest BCUT2D eigenvalue weighted by atomic mass is 32.2. The van der Waals surface area contributed by atoms with Crippen molar-refractivity contribution in [3.63, 3.8) is 0 Å². The summed E-state index contributed by atoms with van der Waals surface area (Å²) in [5.41, 5.74) is 3.76. The van der Waals surface area contributed by atoms with E-state index in [0.29, 0.717) is 0 Å². The van der Waals surface area contributed by atoms with Crippen LogP contribution >= 0.6 is 23.5 Å². The number of thioether (sulfide) groups is 2. The molecule has 4 nitrogen and oxygen atoms in total. The van der Waals surface area contributed by atoms with E-state index in [9.17, 15) is 0 Å². The lowest BCUT2D eigenvalue weighted by Crippen LogP contribution is -2.46. The zero-order chi connectivity index (χ0) is 23.4. The molecular weight excluding hydrogens is 456 g/mol. The standard InChI is InChI=1S/C28H34N4S2/c1-24-26(23-34-28-12-5-6-14-30-28)29-15-13-27(24)33-22-8-17-32-20-18-31(19-21-32)16-7-11-25-9-3-2-4-10-25/h2-7,9-15H,8,16-23H2,1H3. The summed E-state index contributed by atoms with van der Waals surface area (Å²) in [5.74, 6) is 2.01. The quantitative estimate of drug-likeness (QED) is 0.246. The Kier molecular flexibility index (Phi) is 10.1. The zero-order valence-electron chi connectivity index (χ0n) is 20.0. The van der Waals surface area contributed by atoms with Crippen molar-refractivity contribution in [3.8, 4) is 0 Å². The van der Waals surface area contributed by atoms with Gasteiger partial charge in [-0.1, -0.05) is 48.6 Å². The molecule has 4 rings (SSSR count). The highest BCUT2D eigenvalue weighted by Crippen LogP contribution is 2.28. The van der Waals surface area contributed by atoms with Crippen LogP contribution in [0.1, 0.15) is 23.2 Å². The van der Waals surface area contributed by atoms with Crippen LogP contribution in [0.15, 0.2) is 83.0 Å². The van der Waals surface area contributed by atoms with Crippen LogP contribution in [0.3, 0.4) is 0 Å². The molecule has 3 heterocycles. The molecule has 2 aromatic heterocycles. The third-order valence-corrected chi connectivity index (χ3v) is 8.27. The molecule has 0 radical (unpaired) electrons. The Morgan fingerprint density at radius 2 is 1.65 bits per heavy atom. The average molecular weight is 491 g/mol. The molecule has 0 amide bonds. The molecule has 0 unspecified atom stereocenters. The smallest absolute Gasteiger partial charge is 0.0963 e. The first kappa shape index (κ1) is 25.0. The number of nitrogens with zero attached hydrogens (tertiary/aromatic N) is 4. The molecule has 0 N–H and O–H groups in total. The van der Waals surface area contributed by atoms with Crippen LogP contribution in [-0.4, -0.2) is 64.8 Å². The van der Waals surface area contributed by atoms with Crippen molar-refractivity contribution in [2.45, 2.75) is 29.0 Å². The van der Waals surface area contributed by atoms with Crippen LogP contribution in [0.25, 0.3) is 6.08 Å². The van der Waals surface area contributed by atoms with E-state index in [0.717, 1.165) is 41.9 Å². The Morgan fingerprint density at radius 3 is 2.44 bits per heavy atom. The number of aromatic nitrogens is 2. The summed E-state index contributed by atoms with van der Waals surface area (Å²) in [6, 6.07) is 18.8. The second kappa shape index (κ2) is 13.7. The van der Waals surface area contributed by atoms with E-state index < -0.39 is 0 Å². The molecule has 1 saturated heterocycles. The molecule has 0 saturated carbocycles. The van der Waals surface area contributed by atoms with Crippen LogP contribution < -0.4 is 0 Å². The molecule has 0 atom stereocenters. The maximum absolute atomic E-state index is 4.62. The second-order valence-corrected chi connectivity index (χ2v) is 10.6. The number of hydrogen-bond donors (Lipinski definition) is 0. The minimum atomic E-state index is 0.863. The summed E-state index contributed by atoms with van der Waals surface area (Å²) < 4.78 is 0. The van der Waals surface area contributed by atoms with Crippen molar-refractivity contribution in [2.24, 2.45) is 0 Å². The lowest BCUT2D eigenvalue weighted by atomic mass is 10.2. The normalized spacial score (nSPS) is 15.2. The van der Waals surface area contributed by atoms with Gasteiger partial charge in [0.1, 0.15) is 0 Å². The topological polar surface area (TPSA) is 32.3 Å². The summed E-state index contributed by atoms with van der Waals surface area (Å²) in [6.07, 6.45) is 9.54. The van der Waals surface area contributed by atoms with Gasteiger partial charge in [-0.3, -0.25) is 9.88 Å². The highest BCUT2D eigenvalue weighted by molar-refractivity contribution is 7.99. The van der Waals surface area contributed by atoms with Gasteiger partial charge in [-0.05, 0) is 55.0 Å². The monoisotopic (exact) mass is 490 g/mol. The lowest BCUT2D eigenvalue weighted by Gasteiger charge is -2.34. The molecule has 6 heteroatoms. The zero-order valence-corrected chi connectivity index (χ0v) is 21.6. The van der Waals surface area contributed by atoms with Gasteiger partial charge in [0.05, 0.1) is 10.7 Å². The molecule has 0 bridgehead atoms. The van der Waals surface area contributed by atoms with Crippen molar-refractivity contribution in [1.82, 2.24) is 19.8 Å². The molecule has 34 heavy (non-hydrogen) atoms. The van der Waals surface area contributed by atoms with E-state index in [-0.39, 0.29) is 0 Å². The van der Waals surface area contributed by atoms with Crippen LogP contribution in [0, 0.1) is 6.92 Å². The van der Waals surface area contributed by atoms with Gasteiger partial charge in [-0.25, -0.2) is 4.98 Å². The van der Waals surface area contributed by atoms with Crippen LogP contribution in [0.2, 0.25) is 0 Å². The third kappa shape index (κ3) is 7.98. The number of piperazine rings is 1. The average Bonchev–Trinajstić information content (AvgIpc) is 2.89. The number of rotatable bonds is 11. The molecular formula is C28H34N4S2. The van der Waals surface area contributed by atoms with Gasteiger partial charge < -0.3 is 4.90 Å². The summed E-state index contributed by atoms with van der Waals surface area (Å²) in [6.45, 7) is 9.10. The van der Waals surface area contributed by atoms with Gasteiger partial charge in [-0.15, -0.1) is 23.5 Å². The highest BCUT2D eigenvalue weighted by Gasteiger charge is 2.15. The Bertz CT molecular complexity index is 1020. The summed E-state index contributed by atoms with van der Waals surface area (Å²) in [5, 5.41) is 1.05.